The minimum Gasteiger partial charge on any atom is -0.310 e. The van der Waals surface area contributed by atoms with Crippen LogP contribution in [0, 0.1) is 0 Å². The number of hydrogen-bond acceptors (Lipinski definition) is 3. The summed E-state index contributed by atoms with van der Waals surface area (Å²) in [7, 11) is 0. The number of aromatic nitrogens is 1. The van der Waals surface area contributed by atoms with Gasteiger partial charge in [0.25, 0.3) is 0 Å². The Hall–Kier alpha value is -0.610. The fourth-order valence-corrected chi connectivity index (χ4v) is 2.88. The zero-order valence-electron chi connectivity index (χ0n) is 10.2. The summed E-state index contributed by atoms with van der Waals surface area (Å²) in [4.78, 5) is 5.61. The van der Waals surface area contributed by atoms with E-state index in [0.29, 0.717) is 16.1 Å². The topological polar surface area (TPSA) is 24.9 Å². The van der Waals surface area contributed by atoms with Crippen LogP contribution >= 0.6 is 34.5 Å². The lowest BCUT2D eigenvalue weighted by molar-refractivity contribution is 0.593. The summed E-state index contributed by atoms with van der Waals surface area (Å²) in [6.45, 7) is 5.08. The summed E-state index contributed by atoms with van der Waals surface area (Å²) >= 11 is 13.6. The van der Waals surface area contributed by atoms with Crippen LogP contribution in [0.4, 0.5) is 0 Å². The lowest BCUT2D eigenvalue weighted by atomic mass is 10.2. The van der Waals surface area contributed by atoms with Crippen molar-refractivity contribution in [2.24, 2.45) is 0 Å². The molecule has 0 fully saturated rings. The maximum atomic E-state index is 5.99. The van der Waals surface area contributed by atoms with Gasteiger partial charge in [0, 0.05) is 39.3 Å². The quantitative estimate of drug-likeness (QED) is 0.891. The van der Waals surface area contributed by atoms with Crippen LogP contribution in [-0.4, -0.2) is 11.0 Å². The number of thiazole rings is 1. The van der Waals surface area contributed by atoms with E-state index in [1.165, 1.54) is 4.88 Å². The predicted octanol–water partition coefficient (Wildman–Crippen LogP) is 4.61. The third-order valence-corrected chi connectivity index (χ3v) is 3.83. The fraction of sp³-hybridized carbons (Fsp3) is 0.308. The largest absolute Gasteiger partial charge is 0.310 e. The Labute approximate surface area is 121 Å². The predicted molar refractivity (Wildman–Crippen MR) is 79.5 cm³/mol. The number of rotatable bonds is 4. The number of hydrogen-bond donors (Lipinski definition) is 1. The highest BCUT2D eigenvalue weighted by Crippen LogP contribution is 2.30. The van der Waals surface area contributed by atoms with Gasteiger partial charge < -0.3 is 5.32 Å². The molecule has 0 unspecified atom stereocenters. The van der Waals surface area contributed by atoms with Crippen molar-refractivity contribution in [3.8, 4) is 10.6 Å². The Bertz CT molecular complexity index is 517. The van der Waals surface area contributed by atoms with Crippen molar-refractivity contribution in [1.82, 2.24) is 10.3 Å². The first kappa shape index (κ1) is 13.8. The van der Waals surface area contributed by atoms with Crippen LogP contribution in [0.15, 0.2) is 24.4 Å². The molecule has 0 saturated carbocycles. The molecule has 0 aliphatic heterocycles. The van der Waals surface area contributed by atoms with E-state index < -0.39 is 0 Å². The van der Waals surface area contributed by atoms with Gasteiger partial charge in [-0.1, -0.05) is 37.0 Å². The molecule has 1 aromatic heterocycles. The molecule has 0 spiro atoms. The highest BCUT2D eigenvalue weighted by molar-refractivity contribution is 7.15. The summed E-state index contributed by atoms with van der Waals surface area (Å²) in [6.07, 6.45) is 1.89. The van der Waals surface area contributed by atoms with Crippen LogP contribution in [0.5, 0.6) is 0 Å². The molecular formula is C13H14Cl2N2S. The summed E-state index contributed by atoms with van der Waals surface area (Å²) in [5, 5.41) is 5.58. The van der Waals surface area contributed by atoms with Gasteiger partial charge in [0.2, 0.25) is 0 Å². The van der Waals surface area contributed by atoms with Gasteiger partial charge in [-0.05, 0) is 18.2 Å². The van der Waals surface area contributed by atoms with E-state index in [0.717, 1.165) is 17.1 Å². The molecule has 2 nitrogen and oxygen atoms in total. The van der Waals surface area contributed by atoms with Crippen LogP contribution < -0.4 is 5.32 Å². The molecule has 96 valence electrons. The third-order valence-electron chi connectivity index (χ3n) is 2.35. The molecule has 2 rings (SSSR count). The van der Waals surface area contributed by atoms with Gasteiger partial charge in [-0.25, -0.2) is 4.98 Å². The summed E-state index contributed by atoms with van der Waals surface area (Å²) in [5.74, 6) is 0. The first-order valence-corrected chi connectivity index (χ1v) is 7.26. The minimum absolute atomic E-state index is 0.469. The van der Waals surface area contributed by atoms with Gasteiger partial charge in [-0.3, -0.25) is 0 Å². The van der Waals surface area contributed by atoms with E-state index in [2.05, 4.69) is 24.1 Å². The Morgan fingerprint density at radius 3 is 2.50 bits per heavy atom. The lowest BCUT2D eigenvalue weighted by Crippen LogP contribution is -2.21. The van der Waals surface area contributed by atoms with Gasteiger partial charge in [0.1, 0.15) is 5.01 Å². The zero-order chi connectivity index (χ0) is 13.1. The second-order valence-corrected chi connectivity index (χ2v) is 6.31. The number of halogens is 2. The molecule has 1 heterocycles. The van der Waals surface area contributed by atoms with Crippen molar-refractivity contribution in [1.29, 1.82) is 0 Å². The molecule has 18 heavy (non-hydrogen) atoms. The van der Waals surface area contributed by atoms with Gasteiger partial charge in [-0.2, -0.15) is 0 Å². The fourth-order valence-electron chi connectivity index (χ4n) is 1.50. The van der Waals surface area contributed by atoms with Crippen LogP contribution in [0.2, 0.25) is 10.0 Å². The standard InChI is InChI=1S/C13H14Cl2N2S/c1-8(2)16-6-12-7-17-13(18-12)9-3-10(14)5-11(15)4-9/h3-5,7-8,16H,6H2,1-2H3. The molecule has 0 aliphatic carbocycles. The average Bonchev–Trinajstić information content (AvgIpc) is 2.73. The van der Waals surface area contributed by atoms with E-state index in [9.17, 15) is 0 Å². The normalized spacial score (nSPS) is 11.2. The number of benzene rings is 1. The molecule has 2 aromatic rings. The van der Waals surface area contributed by atoms with Crippen molar-refractivity contribution < 1.29 is 0 Å². The van der Waals surface area contributed by atoms with E-state index in [4.69, 9.17) is 23.2 Å². The van der Waals surface area contributed by atoms with Gasteiger partial charge in [0.15, 0.2) is 0 Å². The van der Waals surface area contributed by atoms with Crippen LogP contribution in [0.1, 0.15) is 18.7 Å². The smallest absolute Gasteiger partial charge is 0.123 e. The molecule has 1 N–H and O–H groups in total. The minimum atomic E-state index is 0.469. The average molecular weight is 301 g/mol. The second kappa shape index (κ2) is 6.02. The van der Waals surface area contributed by atoms with Crippen LogP contribution in [0.25, 0.3) is 10.6 Å². The molecule has 1 aromatic carbocycles. The first-order valence-electron chi connectivity index (χ1n) is 5.69. The van der Waals surface area contributed by atoms with E-state index in [-0.39, 0.29) is 0 Å². The van der Waals surface area contributed by atoms with Crippen molar-refractivity contribution in [3.05, 3.63) is 39.3 Å². The highest BCUT2D eigenvalue weighted by Gasteiger charge is 2.07. The Morgan fingerprint density at radius 2 is 1.89 bits per heavy atom. The summed E-state index contributed by atoms with van der Waals surface area (Å²) < 4.78 is 0. The van der Waals surface area contributed by atoms with E-state index in [1.54, 1.807) is 17.4 Å². The zero-order valence-corrected chi connectivity index (χ0v) is 12.5. The Balaban J connectivity index is 2.18. The number of nitrogens with zero attached hydrogens (tertiary/aromatic N) is 1. The van der Waals surface area contributed by atoms with Crippen molar-refractivity contribution in [2.75, 3.05) is 0 Å². The summed E-state index contributed by atoms with van der Waals surface area (Å²) in [6, 6.07) is 5.95. The molecule has 5 heteroatoms. The molecular weight excluding hydrogens is 287 g/mol. The molecule has 0 amide bonds. The molecule has 0 bridgehead atoms. The lowest BCUT2D eigenvalue weighted by Gasteiger charge is -2.04. The molecule has 0 aliphatic rings. The van der Waals surface area contributed by atoms with E-state index in [1.807, 2.05) is 18.3 Å². The molecule has 0 radical (unpaired) electrons. The maximum Gasteiger partial charge on any atom is 0.123 e. The monoisotopic (exact) mass is 300 g/mol. The first-order chi connectivity index (χ1) is 8.54. The maximum absolute atomic E-state index is 5.99. The van der Waals surface area contributed by atoms with E-state index >= 15 is 0 Å². The van der Waals surface area contributed by atoms with Crippen LogP contribution in [-0.2, 0) is 6.54 Å². The van der Waals surface area contributed by atoms with Crippen LogP contribution in [0.3, 0.4) is 0 Å². The van der Waals surface area contributed by atoms with Gasteiger partial charge in [-0.15, -0.1) is 11.3 Å². The molecule has 0 saturated heterocycles. The summed E-state index contributed by atoms with van der Waals surface area (Å²) in [5.41, 5.74) is 0.966. The Morgan fingerprint density at radius 1 is 1.22 bits per heavy atom. The highest BCUT2D eigenvalue weighted by atomic mass is 35.5. The van der Waals surface area contributed by atoms with Crippen molar-refractivity contribution in [2.45, 2.75) is 26.4 Å². The second-order valence-electron chi connectivity index (χ2n) is 4.33. The van der Waals surface area contributed by atoms with Gasteiger partial charge in [0.05, 0.1) is 0 Å². The van der Waals surface area contributed by atoms with Crippen molar-refractivity contribution in [3.63, 3.8) is 0 Å². The number of nitrogens with one attached hydrogen (secondary N) is 1. The third kappa shape index (κ3) is 3.69. The van der Waals surface area contributed by atoms with Crippen molar-refractivity contribution >= 4 is 34.5 Å². The SMILES string of the molecule is CC(C)NCc1cnc(-c2cc(Cl)cc(Cl)c2)s1. The molecule has 0 atom stereocenters. The van der Waals surface area contributed by atoms with Gasteiger partial charge >= 0.3 is 0 Å². The Kier molecular flexibility index (Phi) is 4.62.